The number of fused-ring (bicyclic) bond motifs is 1. The maximum atomic E-state index is 12.3. The fourth-order valence-electron chi connectivity index (χ4n) is 3.43. The molecule has 0 aliphatic carbocycles. The molecule has 4 rings (SSSR count). The zero-order valence-electron chi connectivity index (χ0n) is 15.1. The lowest BCUT2D eigenvalue weighted by atomic mass is 9.99. The maximum Gasteiger partial charge on any atom is 0.490 e. The summed E-state index contributed by atoms with van der Waals surface area (Å²) in [6.45, 7) is 3.06. The van der Waals surface area contributed by atoms with E-state index in [0.29, 0.717) is 18.6 Å². The number of likely N-dealkylation sites (tertiary alicyclic amines) is 1. The van der Waals surface area contributed by atoms with Gasteiger partial charge in [-0.05, 0) is 23.6 Å². The van der Waals surface area contributed by atoms with Crippen LogP contribution in [-0.4, -0.2) is 59.9 Å². The van der Waals surface area contributed by atoms with Gasteiger partial charge >= 0.3 is 12.1 Å². The number of ether oxygens (including phenoxy) is 1. The largest absolute Gasteiger partial charge is 0.490 e. The number of nitrogens with one attached hydrogen (secondary N) is 1. The Morgan fingerprint density at radius 3 is 2.66 bits per heavy atom. The molecule has 0 bridgehead atoms. The minimum Gasteiger partial charge on any atom is -0.475 e. The molecular formula is C18H19F3N2O5S. The van der Waals surface area contributed by atoms with E-state index in [2.05, 4.69) is 10.2 Å². The van der Waals surface area contributed by atoms with Gasteiger partial charge in [0.2, 0.25) is 0 Å². The summed E-state index contributed by atoms with van der Waals surface area (Å²) in [5.74, 6) is -1.43. The lowest BCUT2D eigenvalue weighted by molar-refractivity contribution is -0.192. The lowest BCUT2D eigenvalue weighted by Gasteiger charge is -2.20. The number of hydrogen-bond donors (Lipinski definition) is 2. The van der Waals surface area contributed by atoms with Crippen molar-refractivity contribution >= 4 is 23.2 Å². The summed E-state index contributed by atoms with van der Waals surface area (Å²) in [5.41, 5.74) is 0.741. The van der Waals surface area contributed by atoms with Crippen LogP contribution in [0.25, 0.3) is 0 Å². The van der Waals surface area contributed by atoms with Crippen LogP contribution in [-0.2, 0) is 16.1 Å². The standard InChI is InChI=1S/C16H18N2O3S.C2HF3O2/c19-16(11-3-5-22-10-11)17-14-7-18(6-12-2-1-4-21-12)15-9-20-8-13(14)15;3-2(4,5)1(6)7/h1-5,10,13-15H,6-9H2,(H,17,19);(H,6,7)/t13-,14-,15-;/m1./s1. The number of carboxylic acid groups (broad SMARTS) is 1. The van der Waals surface area contributed by atoms with Crippen molar-refractivity contribution in [3.8, 4) is 0 Å². The lowest BCUT2D eigenvalue weighted by Crippen LogP contribution is -2.41. The van der Waals surface area contributed by atoms with Gasteiger partial charge < -0.3 is 19.6 Å². The third-order valence-electron chi connectivity index (χ3n) is 4.79. The molecule has 4 heterocycles. The van der Waals surface area contributed by atoms with Gasteiger partial charge in [0.15, 0.2) is 0 Å². The van der Waals surface area contributed by atoms with Crippen LogP contribution in [0.4, 0.5) is 13.2 Å². The molecule has 2 saturated heterocycles. The Bertz CT molecular complexity index is 810. The van der Waals surface area contributed by atoms with Crippen molar-refractivity contribution in [3.63, 3.8) is 0 Å². The first-order chi connectivity index (χ1) is 13.8. The third kappa shape index (κ3) is 5.37. The van der Waals surface area contributed by atoms with Crippen LogP contribution in [0.15, 0.2) is 39.6 Å². The van der Waals surface area contributed by atoms with Crippen LogP contribution < -0.4 is 5.32 Å². The van der Waals surface area contributed by atoms with Gasteiger partial charge in [0.05, 0.1) is 26.0 Å². The van der Waals surface area contributed by atoms with Crippen molar-refractivity contribution < 1.29 is 37.0 Å². The molecule has 0 unspecified atom stereocenters. The van der Waals surface area contributed by atoms with Crippen LogP contribution in [0.2, 0.25) is 0 Å². The zero-order valence-corrected chi connectivity index (χ0v) is 15.9. The van der Waals surface area contributed by atoms with Crippen molar-refractivity contribution in [1.29, 1.82) is 0 Å². The Balaban J connectivity index is 0.000000298. The van der Waals surface area contributed by atoms with Crippen molar-refractivity contribution in [3.05, 3.63) is 46.5 Å². The SMILES string of the molecule is O=C(N[C@@H]1CN(Cc2ccco2)[C@@H]2COC[C@@H]21)c1ccsc1.O=C(O)C(F)(F)F. The summed E-state index contributed by atoms with van der Waals surface area (Å²) in [5, 5.41) is 14.1. The molecule has 1 amide bonds. The molecule has 158 valence electrons. The molecule has 2 aliphatic heterocycles. The Morgan fingerprint density at radius 1 is 1.31 bits per heavy atom. The van der Waals surface area contributed by atoms with Crippen LogP contribution in [0, 0.1) is 5.92 Å². The van der Waals surface area contributed by atoms with E-state index in [1.54, 1.807) is 17.6 Å². The van der Waals surface area contributed by atoms with Crippen molar-refractivity contribution in [2.24, 2.45) is 5.92 Å². The second-order valence-electron chi connectivity index (χ2n) is 6.67. The molecule has 0 spiro atoms. The number of carboxylic acids is 1. The molecule has 2 fully saturated rings. The average molecular weight is 432 g/mol. The molecule has 2 aromatic rings. The van der Waals surface area contributed by atoms with Crippen molar-refractivity contribution in [2.45, 2.75) is 24.8 Å². The Hall–Kier alpha value is -2.37. The van der Waals surface area contributed by atoms with Crippen LogP contribution in [0.1, 0.15) is 16.1 Å². The van der Waals surface area contributed by atoms with Gasteiger partial charge in [-0.15, -0.1) is 0 Å². The van der Waals surface area contributed by atoms with Crippen LogP contribution in [0.3, 0.4) is 0 Å². The van der Waals surface area contributed by atoms with Gasteiger partial charge in [0.1, 0.15) is 5.76 Å². The van der Waals surface area contributed by atoms with E-state index in [0.717, 1.165) is 31.0 Å². The monoisotopic (exact) mass is 432 g/mol. The fraction of sp³-hybridized carbons (Fsp3) is 0.444. The van der Waals surface area contributed by atoms with Crippen LogP contribution >= 0.6 is 11.3 Å². The molecule has 7 nitrogen and oxygen atoms in total. The number of aliphatic carboxylic acids is 1. The van der Waals surface area contributed by atoms with E-state index >= 15 is 0 Å². The summed E-state index contributed by atoms with van der Waals surface area (Å²) in [7, 11) is 0. The second-order valence-corrected chi connectivity index (χ2v) is 7.45. The number of hydrogen-bond acceptors (Lipinski definition) is 6. The first-order valence-corrected chi connectivity index (χ1v) is 9.67. The molecule has 2 N–H and O–H groups in total. The highest BCUT2D eigenvalue weighted by Crippen LogP contribution is 2.31. The highest BCUT2D eigenvalue weighted by molar-refractivity contribution is 7.08. The molecule has 0 radical (unpaired) electrons. The molecule has 3 atom stereocenters. The maximum absolute atomic E-state index is 12.3. The highest BCUT2D eigenvalue weighted by Gasteiger charge is 2.46. The van der Waals surface area contributed by atoms with E-state index in [1.807, 2.05) is 29.0 Å². The fourth-order valence-corrected chi connectivity index (χ4v) is 4.06. The zero-order chi connectivity index (χ0) is 21.0. The Morgan fingerprint density at radius 2 is 2.07 bits per heavy atom. The average Bonchev–Trinajstić information content (AvgIpc) is 3.43. The first-order valence-electron chi connectivity index (χ1n) is 8.73. The Labute approximate surface area is 168 Å². The van der Waals surface area contributed by atoms with Crippen molar-refractivity contribution in [1.82, 2.24) is 10.2 Å². The number of rotatable bonds is 4. The molecule has 29 heavy (non-hydrogen) atoms. The second kappa shape index (κ2) is 8.97. The Kier molecular flexibility index (Phi) is 6.60. The summed E-state index contributed by atoms with van der Waals surface area (Å²) in [6, 6.07) is 6.25. The number of halogens is 3. The number of amides is 1. The van der Waals surface area contributed by atoms with Crippen LogP contribution in [0.5, 0.6) is 0 Å². The van der Waals surface area contributed by atoms with E-state index in [9.17, 15) is 18.0 Å². The molecule has 2 aliphatic rings. The molecule has 0 saturated carbocycles. The van der Waals surface area contributed by atoms with Gasteiger partial charge in [0.25, 0.3) is 5.91 Å². The minimum absolute atomic E-state index is 0.0109. The van der Waals surface area contributed by atoms with E-state index in [-0.39, 0.29) is 11.9 Å². The van der Waals surface area contributed by atoms with Gasteiger partial charge in [-0.3, -0.25) is 9.69 Å². The molecular weight excluding hydrogens is 413 g/mol. The number of alkyl halides is 3. The highest BCUT2D eigenvalue weighted by atomic mass is 32.1. The summed E-state index contributed by atoms with van der Waals surface area (Å²) >= 11 is 1.54. The first kappa shape index (κ1) is 21.3. The van der Waals surface area contributed by atoms with Crippen molar-refractivity contribution in [2.75, 3.05) is 19.8 Å². The van der Waals surface area contributed by atoms with Gasteiger partial charge in [-0.1, -0.05) is 0 Å². The number of furan rings is 1. The van der Waals surface area contributed by atoms with E-state index in [1.165, 1.54) is 0 Å². The number of carbonyl (C=O) groups is 2. The molecule has 0 aromatic carbocycles. The van der Waals surface area contributed by atoms with Gasteiger partial charge in [0, 0.05) is 35.5 Å². The van der Waals surface area contributed by atoms with Gasteiger partial charge in [-0.2, -0.15) is 24.5 Å². The minimum atomic E-state index is -5.08. The summed E-state index contributed by atoms with van der Waals surface area (Å²) in [6.07, 6.45) is -3.39. The smallest absolute Gasteiger partial charge is 0.475 e. The number of nitrogens with zero attached hydrogens (tertiary/aromatic N) is 1. The molecule has 11 heteroatoms. The summed E-state index contributed by atoms with van der Waals surface area (Å²) in [4.78, 5) is 23.5. The van der Waals surface area contributed by atoms with E-state index in [4.69, 9.17) is 19.1 Å². The predicted octanol–water partition coefficient (Wildman–Crippen LogP) is 2.60. The molecule has 2 aromatic heterocycles. The normalized spacial score (nSPS) is 23.9. The number of carbonyl (C=O) groups excluding carboxylic acids is 1. The quantitative estimate of drug-likeness (QED) is 0.772. The third-order valence-corrected chi connectivity index (χ3v) is 5.47. The number of thiophene rings is 1. The van der Waals surface area contributed by atoms with Gasteiger partial charge in [-0.25, -0.2) is 4.79 Å². The predicted molar refractivity (Wildman–Crippen MR) is 96.5 cm³/mol. The topological polar surface area (TPSA) is 92.0 Å². The summed E-state index contributed by atoms with van der Waals surface area (Å²) < 4.78 is 42.8. The van der Waals surface area contributed by atoms with E-state index < -0.39 is 12.1 Å².